The third kappa shape index (κ3) is 6.32. The molecule has 0 aromatic heterocycles. The number of likely N-dealkylation sites (N-methyl/N-ethyl adjacent to an activating group) is 1. The van der Waals surface area contributed by atoms with Crippen LogP contribution in [0, 0.1) is 0 Å². The van der Waals surface area contributed by atoms with Crippen LogP contribution < -0.4 is 5.32 Å². The zero-order valence-electron chi connectivity index (χ0n) is 8.40. The first-order valence-electron chi connectivity index (χ1n) is 4.32. The molecule has 0 aromatic rings. The van der Waals surface area contributed by atoms with Crippen LogP contribution in [0.1, 0.15) is 34.1 Å². The van der Waals surface area contributed by atoms with Crippen LogP contribution in [0.4, 0.5) is 0 Å². The van der Waals surface area contributed by atoms with Crippen LogP contribution in [0.2, 0.25) is 0 Å². The molecule has 0 rings (SSSR count). The van der Waals surface area contributed by atoms with Gasteiger partial charge < -0.3 is 10.1 Å². The Morgan fingerprint density at radius 2 is 1.91 bits per heavy atom. The Labute approximate surface area is 70.3 Å². The van der Waals surface area contributed by atoms with Crippen molar-refractivity contribution >= 4 is 0 Å². The first-order chi connectivity index (χ1) is 4.99. The van der Waals surface area contributed by atoms with Gasteiger partial charge in [0.05, 0.1) is 11.7 Å². The molecule has 1 unspecified atom stereocenters. The number of hydrogen-bond donors (Lipinski definition) is 1. The van der Waals surface area contributed by atoms with Gasteiger partial charge in [-0.2, -0.15) is 0 Å². The normalized spacial score (nSPS) is 15.0. The zero-order valence-corrected chi connectivity index (χ0v) is 8.40. The summed E-state index contributed by atoms with van der Waals surface area (Å²) in [6.45, 7) is 9.35. The van der Waals surface area contributed by atoms with Crippen molar-refractivity contribution in [2.45, 2.75) is 45.8 Å². The molecule has 0 aliphatic carbocycles. The Hall–Kier alpha value is -0.0800. The van der Waals surface area contributed by atoms with Gasteiger partial charge in [0.2, 0.25) is 0 Å². The van der Waals surface area contributed by atoms with Gasteiger partial charge in [0.1, 0.15) is 0 Å². The van der Waals surface area contributed by atoms with Gasteiger partial charge in [0.25, 0.3) is 0 Å². The summed E-state index contributed by atoms with van der Waals surface area (Å²) in [4.78, 5) is 0. The molecule has 0 saturated heterocycles. The van der Waals surface area contributed by atoms with Crippen molar-refractivity contribution in [3.63, 3.8) is 0 Å². The maximum Gasteiger partial charge on any atom is 0.0703 e. The van der Waals surface area contributed by atoms with E-state index in [-0.39, 0.29) is 5.60 Å². The third-order valence-electron chi connectivity index (χ3n) is 1.41. The highest BCUT2D eigenvalue weighted by atomic mass is 16.5. The van der Waals surface area contributed by atoms with Crippen molar-refractivity contribution in [1.82, 2.24) is 5.32 Å². The molecular formula is C9H21NO. The minimum Gasteiger partial charge on any atom is -0.371 e. The van der Waals surface area contributed by atoms with Gasteiger partial charge in [-0.15, -0.1) is 0 Å². The molecule has 0 radical (unpaired) electrons. The lowest BCUT2D eigenvalue weighted by Gasteiger charge is -2.26. The van der Waals surface area contributed by atoms with E-state index in [2.05, 4.69) is 33.0 Å². The van der Waals surface area contributed by atoms with Gasteiger partial charge in [-0.25, -0.2) is 0 Å². The fourth-order valence-electron chi connectivity index (χ4n) is 0.997. The Bertz CT molecular complexity index is 96.2. The van der Waals surface area contributed by atoms with E-state index in [9.17, 15) is 0 Å². The van der Waals surface area contributed by atoms with E-state index in [1.165, 1.54) is 0 Å². The molecule has 0 bridgehead atoms. The minimum absolute atomic E-state index is 0.0163. The van der Waals surface area contributed by atoms with Crippen molar-refractivity contribution in [2.24, 2.45) is 0 Å². The van der Waals surface area contributed by atoms with Gasteiger partial charge in [-0.05, 0) is 34.2 Å². The largest absolute Gasteiger partial charge is 0.371 e. The third-order valence-corrected chi connectivity index (χ3v) is 1.41. The Kier molecular flexibility index (Phi) is 4.69. The molecule has 0 aliphatic rings. The number of hydrogen-bond acceptors (Lipinski definition) is 2. The monoisotopic (exact) mass is 159 g/mol. The van der Waals surface area contributed by atoms with Gasteiger partial charge in [-0.3, -0.25) is 0 Å². The summed E-state index contributed by atoms with van der Waals surface area (Å²) in [7, 11) is 1.95. The molecule has 0 aliphatic heterocycles. The fourth-order valence-corrected chi connectivity index (χ4v) is 0.997. The highest BCUT2D eigenvalue weighted by Crippen LogP contribution is 2.11. The lowest BCUT2D eigenvalue weighted by Crippen LogP contribution is -2.33. The molecule has 1 atom stereocenters. The van der Waals surface area contributed by atoms with Crippen LogP contribution in [0.3, 0.4) is 0 Å². The highest BCUT2D eigenvalue weighted by Gasteiger charge is 2.16. The topological polar surface area (TPSA) is 21.3 Å². The number of nitrogens with one attached hydrogen (secondary N) is 1. The minimum atomic E-state index is -0.0163. The molecule has 0 saturated carbocycles. The molecule has 11 heavy (non-hydrogen) atoms. The Morgan fingerprint density at radius 3 is 2.18 bits per heavy atom. The van der Waals surface area contributed by atoms with Crippen LogP contribution in [0.5, 0.6) is 0 Å². The molecule has 0 fully saturated rings. The summed E-state index contributed by atoms with van der Waals surface area (Å²) in [5.74, 6) is 0. The number of rotatable bonds is 4. The number of ether oxygens (including phenoxy) is 1. The quantitative estimate of drug-likeness (QED) is 0.675. The maximum atomic E-state index is 5.76. The summed E-state index contributed by atoms with van der Waals surface area (Å²) in [5, 5.41) is 3.12. The molecule has 1 N–H and O–H groups in total. The van der Waals surface area contributed by atoms with Gasteiger partial charge >= 0.3 is 0 Å². The molecule has 0 amide bonds. The van der Waals surface area contributed by atoms with E-state index >= 15 is 0 Å². The fraction of sp³-hybridized carbons (Fsp3) is 1.00. The second kappa shape index (κ2) is 4.73. The lowest BCUT2D eigenvalue weighted by molar-refractivity contribution is -0.0590. The van der Waals surface area contributed by atoms with E-state index in [1.54, 1.807) is 0 Å². The highest BCUT2D eigenvalue weighted by molar-refractivity contribution is 4.66. The summed E-state index contributed by atoms with van der Waals surface area (Å²) >= 11 is 0. The predicted molar refractivity (Wildman–Crippen MR) is 48.8 cm³/mol. The molecule has 2 heteroatoms. The molecule has 2 nitrogen and oxygen atoms in total. The first kappa shape index (κ1) is 10.9. The first-order valence-corrected chi connectivity index (χ1v) is 4.32. The van der Waals surface area contributed by atoms with E-state index in [0.29, 0.717) is 6.10 Å². The van der Waals surface area contributed by atoms with Crippen LogP contribution >= 0.6 is 0 Å². The average Bonchev–Trinajstić information content (AvgIpc) is 1.84. The summed E-state index contributed by atoms with van der Waals surface area (Å²) in [6.07, 6.45) is 1.41. The van der Waals surface area contributed by atoms with E-state index < -0.39 is 0 Å². The van der Waals surface area contributed by atoms with Crippen molar-refractivity contribution in [2.75, 3.05) is 13.6 Å². The van der Waals surface area contributed by atoms with Gasteiger partial charge in [0.15, 0.2) is 0 Å². The molecule has 0 spiro atoms. The zero-order chi connectivity index (χ0) is 8.91. The SMILES string of the molecule is CCC(CNC)OC(C)(C)C. The summed E-state index contributed by atoms with van der Waals surface area (Å²) in [5.41, 5.74) is -0.0163. The Balaban J connectivity index is 3.68. The molecular weight excluding hydrogens is 138 g/mol. The molecule has 0 heterocycles. The van der Waals surface area contributed by atoms with E-state index in [4.69, 9.17) is 4.74 Å². The second-order valence-electron chi connectivity index (χ2n) is 3.82. The van der Waals surface area contributed by atoms with Crippen LogP contribution in [-0.4, -0.2) is 25.3 Å². The van der Waals surface area contributed by atoms with E-state index in [0.717, 1.165) is 13.0 Å². The average molecular weight is 159 g/mol. The Morgan fingerprint density at radius 1 is 1.36 bits per heavy atom. The van der Waals surface area contributed by atoms with Crippen molar-refractivity contribution < 1.29 is 4.74 Å². The maximum absolute atomic E-state index is 5.76. The van der Waals surface area contributed by atoms with E-state index in [1.807, 2.05) is 7.05 Å². The van der Waals surface area contributed by atoms with Crippen molar-refractivity contribution in [3.05, 3.63) is 0 Å². The van der Waals surface area contributed by atoms with Crippen molar-refractivity contribution in [1.29, 1.82) is 0 Å². The standard InChI is InChI=1S/C9H21NO/c1-6-8(7-10-5)11-9(2,3)4/h8,10H,6-7H2,1-5H3. The van der Waals surface area contributed by atoms with Gasteiger partial charge in [0, 0.05) is 6.54 Å². The second-order valence-corrected chi connectivity index (χ2v) is 3.82. The van der Waals surface area contributed by atoms with Crippen LogP contribution in [-0.2, 0) is 4.74 Å². The van der Waals surface area contributed by atoms with Crippen LogP contribution in [0.25, 0.3) is 0 Å². The molecule has 0 aromatic carbocycles. The van der Waals surface area contributed by atoms with Crippen molar-refractivity contribution in [3.8, 4) is 0 Å². The smallest absolute Gasteiger partial charge is 0.0703 e. The lowest BCUT2D eigenvalue weighted by atomic mass is 10.1. The van der Waals surface area contributed by atoms with Crippen LogP contribution in [0.15, 0.2) is 0 Å². The van der Waals surface area contributed by atoms with Gasteiger partial charge in [-0.1, -0.05) is 6.92 Å². The summed E-state index contributed by atoms with van der Waals surface area (Å²) in [6, 6.07) is 0. The predicted octanol–water partition coefficient (Wildman–Crippen LogP) is 1.80. The summed E-state index contributed by atoms with van der Waals surface area (Å²) < 4.78 is 5.76. The molecule has 68 valence electrons.